The molecule has 2 aromatic rings. The third kappa shape index (κ3) is 5.67. The van der Waals surface area contributed by atoms with Gasteiger partial charge in [-0.25, -0.2) is 0 Å². The number of hydrogen-bond acceptors (Lipinski definition) is 5. The predicted molar refractivity (Wildman–Crippen MR) is 84.5 cm³/mol. The molecule has 0 radical (unpaired) electrons. The number of benzene rings is 1. The SMILES string of the molecule is COc1cccc(OCC(=O)NCC(C)(O)Cc2ccco2)c1. The molecule has 1 aromatic carbocycles. The molecular weight excluding hydrogens is 298 g/mol. The Balaban J connectivity index is 1.76. The van der Waals surface area contributed by atoms with Crippen LogP contribution in [0.15, 0.2) is 47.1 Å². The summed E-state index contributed by atoms with van der Waals surface area (Å²) in [5, 5.41) is 12.9. The van der Waals surface area contributed by atoms with Crippen molar-refractivity contribution >= 4 is 5.91 Å². The maximum atomic E-state index is 11.8. The lowest BCUT2D eigenvalue weighted by Gasteiger charge is -2.22. The predicted octanol–water partition coefficient (Wildman–Crippen LogP) is 1.78. The quantitative estimate of drug-likeness (QED) is 0.775. The smallest absolute Gasteiger partial charge is 0.258 e. The zero-order valence-electron chi connectivity index (χ0n) is 13.2. The summed E-state index contributed by atoms with van der Waals surface area (Å²) in [6.45, 7) is 1.61. The van der Waals surface area contributed by atoms with Gasteiger partial charge in [0.05, 0.1) is 19.0 Å². The lowest BCUT2D eigenvalue weighted by atomic mass is 10.0. The molecule has 2 N–H and O–H groups in total. The van der Waals surface area contributed by atoms with Gasteiger partial charge in [0.2, 0.25) is 0 Å². The van der Waals surface area contributed by atoms with Gasteiger partial charge in [-0.3, -0.25) is 4.79 Å². The lowest BCUT2D eigenvalue weighted by molar-refractivity contribution is -0.124. The second kappa shape index (κ2) is 7.69. The normalized spacial score (nSPS) is 13.2. The van der Waals surface area contributed by atoms with Crippen molar-refractivity contribution in [1.29, 1.82) is 0 Å². The molecule has 1 heterocycles. The van der Waals surface area contributed by atoms with E-state index >= 15 is 0 Å². The third-order valence-corrected chi connectivity index (χ3v) is 3.21. The zero-order chi connectivity index (χ0) is 16.7. The van der Waals surface area contributed by atoms with Crippen LogP contribution >= 0.6 is 0 Å². The molecule has 0 aliphatic carbocycles. The van der Waals surface area contributed by atoms with E-state index < -0.39 is 5.60 Å². The minimum Gasteiger partial charge on any atom is -0.497 e. The van der Waals surface area contributed by atoms with Crippen molar-refractivity contribution in [2.24, 2.45) is 0 Å². The zero-order valence-corrected chi connectivity index (χ0v) is 13.2. The van der Waals surface area contributed by atoms with Crippen LogP contribution in [0.1, 0.15) is 12.7 Å². The molecule has 124 valence electrons. The van der Waals surface area contributed by atoms with Gasteiger partial charge in [0.1, 0.15) is 17.3 Å². The second-order valence-corrected chi connectivity index (χ2v) is 5.50. The Kier molecular flexibility index (Phi) is 5.65. The van der Waals surface area contributed by atoms with Gasteiger partial charge in [0, 0.05) is 19.0 Å². The van der Waals surface area contributed by atoms with Crippen molar-refractivity contribution in [2.45, 2.75) is 18.9 Å². The van der Waals surface area contributed by atoms with Gasteiger partial charge in [0.15, 0.2) is 6.61 Å². The van der Waals surface area contributed by atoms with E-state index in [1.54, 1.807) is 56.7 Å². The molecule has 6 heteroatoms. The third-order valence-electron chi connectivity index (χ3n) is 3.21. The first kappa shape index (κ1) is 16.9. The van der Waals surface area contributed by atoms with E-state index in [2.05, 4.69) is 5.32 Å². The molecule has 0 saturated heterocycles. The van der Waals surface area contributed by atoms with Crippen molar-refractivity contribution in [3.8, 4) is 11.5 Å². The molecule has 1 unspecified atom stereocenters. The van der Waals surface area contributed by atoms with Crippen LogP contribution in [0.2, 0.25) is 0 Å². The van der Waals surface area contributed by atoms with E-state index in [0.717, 1.165) is 0 Å². The molecule has 1 atom stereocenters. The summed E-state index contributed by atoms with van der Waals surface area (Å²) in [5.41, 5.74) is -1.09. The Bertz CT molecular complexity index is 622. The van der Waals surface area contributed by atoms with E-state index in [1.807, 2.05) is 0 Å². The first-order valence-electron chi connectivity index (χ1n) is 7.27. The topological polar surface area (TPSA) is 80.9 Å². The van der Waals surface area contributed by atoms with Crippen LogP contribution in [0, 0.1) is 0 Å². The molecule has 6 nitrogen and oxygen atoms in total. The Labute approximate surface area is 135 Å². The van der Waals surface area contributed by atoms with Gasteiger partial charge in [-0.05, 0) is 31.2 Å². The van der Waals surface area contributed by atoms with Gasteiger partial charge in [-0.1, -0.05) is 6.07 Å². The molecule has 2 rings (SSSR count). The number of nitrogens with one attached hydrogen (secondary N) is 1. The van der Waals surface area contributed by atoms with Crippen LogP contribution in [-0.2, 0) is 11.2 Å². The van der Waals surface area contributed by atoms with E-state index in [0.29, 0.717) is 23.7 Å². The minimum absolute atomic E-state index is 0.105. The summed E-state index contributed by atoms with van der Waals surface area (Å²) >= 11 is 0. The Morgan fingerprint density at radius 1 is 1.30 bits per heavy atom. The Morgan fingerprint density at radius 2 is 2.09 bits per heavy atom. The number of ether oxygens (including phenoxy) is 2. The average molecular weight is 319 g/mol. The van der Waals surface area contributed by atoms with Crippen LogP contribution in [0.5, 0.6) is 11.5 Å². The second-order valence-electron chi connectivity index (χ2n) is 5.50. The Hall–Kier alpha value is -2.47. The van der Waals surface area contributed by atoms with Gasteiger partial charge < -0.3 is 24.3 Å². The maximum Gasteiger partial charge on any atom is 0.258 e. The van der Waals surface area contributed by atoms with E-state index in [4.69, 9.17) is 13.9 Å². The van der Waals surface area contributed by atoms with Gasteiger partial charge in [0.25, 0.3) is 5.91 Å². The monoisotopic (exact) mass is 319 g/mol. The highest BCUT2D eigenvalue weighted by atomic mass is 16.5. The van der Waals surface area contributed by atoms with E-state index in [9.17, 15) is 9.90 Å². The number of hydrogen-bond donors (Lipinski definition) is 2. The summed E-state index contributed by atoms with van der Waals surface area (Å²) in [6.07, 6.45) is 1.86. The Morgan fingerprint density at radius 3 is 2.78 bits per heavy atom. The fourth-order valence-corrected chi connectivity index (χ4v) is 2.03. The minimum atomic E-state index is -1.09. The molecule has 1 amide bonds. The van der Waals surface area contributed by atoms with Gasteiger partial charge >= 0.3 is 0 Å². The number of aliphatic hydroxyl groups is 1. The van der Waals surface area contributed by atoms with Crippen molar-refractivity contribution in [3.63, 3.8) is 0 Å². The molecule has 0 saturated carbocycles. The number of methoxy groups -OCH3 is 1. The summed E-state index contributed by atoms with van der Waals surface area (Å²) < 4.78 is 15.7. The lowest BCUT2D eigenvalue weighted by Crippen LogP contribution is -2.43. The average Bonchev–Trinajstić information content (AvgIpc) is 3.03. The first-order chi connectivity index (χ1) is 11.0. The number of rotatable bonds is 8. The fourth-order valence-electron chi connectivity index (χ4n) is 2.03. The summed E-state index contributed by atoms with van der Waals surface area (Å²) in [4.78, 5) is 11.8. The standard InChI is InChI=1S/C17H21NO5/c1-17(20,10-15-7-4-8-22-15)12-18-16(19)11-23-14-6-3-5-13(9-14)21-2/h3-9,20H,10-12H2,1-2H3,(H,18,19). The summed E-state index contributed by atoms with van der Waals surface area (Å²) in [7, 11) is 1.56. The number of amides is 1. The van der Waals surface area contributed by atoms with Crippen LogP contribution in [0.3, 0.4) is 0 Å². The van der Waals surface area contributed by atoms with Crippen molar-refractivity contribution in [2.75, 3.05) is 20.3 Å². The van der Waals surface area contributed by atoms with Gasteiger partial charge in [-0.15, -0.1) is 0 Å². The summed E-state index contributed by atoms with van der Waals surface area (Å²) in [5.74, 6) is 1.55. The summed E-state index contributed by atoms with van der Waals surface area (Å²) in [6, 6.07) is 10.5. The molecule has 1 aromatic heterocycles. The molecule has 23 heavy (non-hydrogen) atoms. The molecular formula is C17H21NO5. The molecule has 0 bridgehead atoms. The van der Waals surface area contributed by atoms with Gasteiger partial charge in [-0.2, -0.15) is 0 Å². The molecule has 0 spiro atoms. The number of carbonyl (C=O) groups excluding carboxylic acids is 1. The number of furan rings is 1. The molecule has 0 aliphatic rings. The maximum absolute atomic E-state index is 11.8. The fraction of sp³-hybridized carbons (Fsp3) is 0.353. The van der Waals surface area contributed by atoms with Crippen molar-refractivity contribution < 1.29 is 23.8 Å². The van der Waals surface area contributed by atoms with Crippen LogP contribution in [0.25, 0.3) is 0 Å². The van der Waals surface area contributed by atoms with Crippen LogP contribution < -0.4 is 14.8 Å². The van der Waals surface area contributed by atoms with E-state index in [1.165, 1.54) is 0 Å². The molecule has 0 aliphatic heterocycles. The van der Waals surface area contributed by atoms with Crippen molar-refractivity contribution in [1.82, 2.24) is 5.32 Å². The highest BCUT2D eigenvalue weighted by Gasteiger charge is 2.23. The largest absolute Gasteiger partial charge is 0.497 e. The van der Waals surface area contributed by atoms with E-state index in [-0.39, 0.29) is 19.1 Å². The number of carbonyl (C=O) groups is 1. The highest BCUT2D eigenvalue weighted by Crippen LogP contribution is 2.18. The first-order valence-corrected chi connectivity index (χ1v) is 7.27. The molecule has 0 fully saturated rings. The van der Waals surface area contributed by atoms with Crippen molar-refractivity contribution in [3.05, 3.63) is 48.4 Å². The highest BCUT2D eigenvalue weighted by molar-refractivity contribution is 5.77. The van der Waals surface area contributed by atoms with Crippen LogP contribution in [0.4, 0.5) is 0 Å². The van der Waals surface area contributed by atoms with Crippen LogP contribution in [-0.4, -0.2) is 36.9 Å².